The highest BCUT2D eigenvalue weighted by Crippen LogP contribution is 2.52. The van der Waals surface area contributed by atoms with Crippen LogP contribution in [-0.4, -0.2) is 4.98 Å². The number of anilines is 3. The van der Waals surface area contributed by atoms with Gasteiger partial charge in [0, 0.05) is 27.1 Å². The van der Waals surface area contributed by atoms with Gasteiger partial charge in [0.2, 0.25) is 0 Å². The summed E-state index contributed by atoms with van der Waals surface area (Å²) >= 11 is 1.81. The zero-order valence-electron chi connectivity index (χ0n) is 18.2. The molecule has 1 aliphatic rings. The van der Waals surface area contributed by atoms with E-state index in [0.717, 1.165) is 27.9 Å². The first kappa shape index (κ1) is 20.3. The van der Waals surface area contributed by atoms with Gasteiger partial charge in [0.1, 0.15) is 11.8 Å². The summed E-state index contributed by atoms with van der Waals surface area (Å²) < 4.78 is 0. The van der Waals surface area contributed by atoms with Gasteiger partial charge in [0.05, 0.1) is 17.1 Å². The Morgan fingerprint density at radius 3 is 1.94 bits per heavy atom. The Hall–Kier alpha value is -4.33. The Morgan fingerprint density at radius 2 is 1.26 bits per heavy atom. The third-order valence-corrected chi connectivity index (χ3v) is 7.09. The molecule has 0 saturated heterocycles. The molecule has 0 atom stereocenters. The highest BCUT2D eigenvalue weighted by molar-refractivity contribution is 7.99. The van der Waals surface area contributed by atoms with Crippen LogP contribution in [0.5, 0.6) is 0 Å². The number of benzene rings is 4. The zero-order valence-corrected chi connectivity index (χ0v) is 19.0. The predicted octanol–water partition coefficient (Wildman–Crippen LogP) is 8.22. The summed E-state index contributed by atoms with van der Waals surface area (Å²) in [5.74, 6) is 0. The smallest absolute Gasteiger partial charge is 0.140 e. The normalized spacial score (nSPS) is 11.9. The fourth-order valence-corrected chi connectivity index (χ4v) is 5.43. The molecule has 6 rings (SSSR count). The fourth-order valence-electron chi connectivity index (χ4n) is 4.37. The van der Waals surface area contributed by atoms with Gasteiger partial charge in [-0.3, -0.25) is 0 Å². The van der Waals surface area contributed by atoms with Crippen LogP contribution in [0.3, 0.4) is 0 Å². The van der Waals surface area contributed by atoms with E-state index in [4.69, 9.17) is 5.26 Å². The van der Waals surface area contributed by atoms with Crippen molar-refractivity contribution >= 4 is 28.8 Å². The van der Waals surface area contributed by atoms with Crippen LogP contribution in [0.25, 0.3) is 22.3 Å². The molecule has 3 nitrogen and oxygen atoms in total. The van der Waals surface area contributed by atoms with E-state index in [0.29, 0.717) is 5.69 Å². The van der Waals surface area contributed by atoms with Gasteiger partial charge in [-0.2, -0.15) is 5.26 Å². The SMILES string of the molecule is N#Cc1ccc(-c2cccc(-c3ccccc3N3c4ccccc4Sc4ccccc43)c2)cn1. The minimum atomic E-state index is 0.422. The quantitative estimate of drug-likeness (QED) is 0.271. The molecule has 0 radical (unpaired) electrons. The average Bonchev–Trinajstić information content (AvgIpc) is 2.92. The molecule has 34 heavy (non-hydrogen) atoms. The van der Waals surface area contributed by atoms with Gasteiger partial charge in [-0.15, -0.1) is 0 Å². The topological polar surface area (TPSA) is 39.9 Å². The van der Waals surface area contributed by atoms with Gasteiger partial charge < -0.3 is 4.90 Å². The van der Waals surface area contributed by atoms with E-state index in [2.05, 4.69) is 113 Å². The summed E-state index contributed by atoms with van der Waals surface area (Å²) in [6, 6.07) is 40.0. The summed E-state index contributed by atoms with van der Waals surface area (Å²) in [5.41, 5.74) is 8.27. The Balaban J connectivity index is 1.51. The highest BCUT2D eigenvalue weighted by atomic mass is 32.2. The first-order valence-corrected chi connectivity index (χ1v) is 11.9. The third kappa shape index (κ3) is 3.53. The molecule has 0 unspecified atom stereocenters. The Morgan fingerprint density at radius 1 is 0.618 bits per heavy atom. The van der Waals surface area contributed by atoms with E-state index < -0.39 is 0 Å². The van der Waals surface area contributed by atoms with Crippen LogP contribution in [0.15, 0.2) is 125 Å². The molecule has 0 amide bonds. The number of hydrogen-bond acceptors (Lipinski definition) is 4. The second-order valence-electron chi connectivity index (χ2n) is 8.01. The standard InChI is InChI=1S/C30H19N3S/c31-19-24-17-16-23(20-32-24)21-8-7-9-22(18-21)25-10-1-2-11-26(25)33-27-12-3-5-14-29(27)34-30-15-6-4-13-28(30)33/h1-18,20H. The van der Waals surface area contributed by atoms with E-state index >= 15 is 0 Å². The van der Waals surface area contributed by atoms with Crippen molar-refractivity contribution in [3.8, 4) is 28.3 Å². The van der Waals surface area contributed by atoms with Crippen molar-refractivity contribution in [2.45, 2.75) is 9.79 Å². The molecular formula is C30H19N3S. The number of aromatic nitrogens is 1. The second-order valence-corrected chi connectivity index (χ2v) is 9.10. The molecule has 1 aliphatic heterocycles. The van der Waals surface area contributed by atoms with E-state index in [1.807, 2.05) is 17.8 Å². The fraction of sp³-hybridized carbons (Fsp3) is 0. The molecule has 0 saturated carbocycles. The van der Waals surface area contributed by atoms with Crippen LogP contribution in [-0.2, 0) is 0 Å². The van der Waals surface area contributed by atoms with Crippen LogP contribution in [0.4, 0.5) is 17.1 Å². The van der Waals surface area contributed by atoms with Gasteiger partial charge in [0.25, 0.3) is 0 Å². The Labute approximate surface area is 203 Å². The molecule has 160 valence electrons. The first-order chi connectivity index (χ1) is 16.8. The number of fused-ring (bicyclic) bond motifs is 2. The second kappa shape index (κ2) is 8.55. The number of rotatable bonds is 3. The van der Waals surface area contributed by atoms with Crippen LogP contribution >= 0.6 is 11.8 Å². The van der Waals surface area contributed by atoms with Crippen LogP contribution in [0.1, 0.15) is 5.69 Å². The molecule has 0 bridgehead atoms. The predicted molar refractivity (Wildman–Crippen MR) is 139 cm³/mol. The summed E-state index contributed by atoms with van der Waals surface area (Å²) in [6.07, 6.45) is 1.76. The monoisotopic (exact) mass is 453 g/mol. The molecule has 0 aliphatic carbocycles. The molecule has 4 heteroatoms. The molecule has 5 aromatic rings. The van der Waals surface area contributed by atoms with Gasteiger partial charge in [-0.25, -0.2) is 4.98 Å². The van der Waals surface area contributed by atoms with E-state index in [9.17, 15) is 0 Å². The van der Waals surface area contributed by atoms with E-state index in [1.54, 1.807) is 12.3 Å². The minimum absolute atomic E-state index is 0.422. The van der Waals surface area contributed by atoms with Gasteiger partial charge in [0.15, 0.2) is 0 Å². The minimum Gasteiger partial charge on any atom is -0.308 e. The lowest BCUT2D eigenvalue weighted by Crippen LogP contribution is -2.15. The summed E-state index contributed by atoms with van der Waals surface area (Å²) in [5, 5.41) is 9.07. The number of pyridine rings is 1. The van der Waals surface area contributed by atoms with Gasteiger partial charge in [-0.1, -0.05) is 72.4 Å². The van der Waals surface area contributed by atoms with Gasteiger partial charge >= 0.3 is 0 Å². The van der Waals surface area contributed by atoms with Crippen molar-refractivity contribution in [2.75, 3.05) is 4.90 Å². The summed E-state index contributed by atoms with van der Waals surface area (Å²) in [7, 11) is 0. The van der Waals surface area contributed by atoms with Crippen molar-refractivity contribution in [2.24, 2.45) is 0 Å². The van der Waals surface area contributed by atoms with Crippen LogP contribution in [0.2, 0.25) is 0 Å². The van der Waals surface area contributed by atoms with Gasteiger partial charge in [-0.05, 0) is 59.7 Å². The first-order valence-electron chi connectivity index (χ1n) is 11.0. The molecular weight excluding hydrogens is 434 g/mol. The van der Waals surface area contributed by atoms with Crippen LogP contribution in [0, 0.1) is 11.3 Å². The molecule has 2 heterocycles. The maximum Gasteiger partial charge on any atom is 0.140 e. The number of hydrogen-bond donors (Lipinski definition) is 0. The average molecular weight is 454 g/mol. The summed E-state index contributed by atoms with van der Waals surface area (Å²) in [4.78, 5) is 9.10. The molecule has 0 N–H and O–H groups in total. The van der Waals surface area contributed by atoms with Crippen molar-refractivity contribution in [1.29, 1.82) is 5.26 Å². The maximum absolute atomic E-state index is 9.07. The lowest BCUT2D eigenvalue weighted by Gasteiger charge is -2.34. The summed E-state index contributed by atoms with van der Waals surface area (Å²) in [6.45, 7) is 0. The zero-order chi connectivity index (χ0) is 22.9. The largest absolute Gasteiger partial charge is 0.308 e. The van der Waals surface area contributed by atoms with E-state index in [-0.39, 0.29) is 0 Å². The molecule has 0 fully saturated rings. The third-order valence-electron chi connectivity index (χ3n) is 5.96. The maximum atomic E-state index is 9.07. The van der Waals surface area contributed by atoms with Crippen molar-refractivity contribution < 1.29 is 0 Å². The Bertz CT molecular complexity index is 1500. The number of nitriles is 1. The highest BCUT2D eigenvalue weighted by Gasteiger charge is 2.26. The number of para-hydroxylation sites is 3. The van der Waals surface area contributed by atoms with E-state index in [1.165, 1.54) is 21.2 Å². The molecule has 0 spiro atoms. The lowest BCUT2D eigenvalue weighted by atomic mass is 9.97. The van der Waals surface area contributed by atoms with Crippen molar-refractivity contribution in [3.63, 3.8) is 0 Å². The molecule has 4 aromatic carbocycles. The van der Waals surface area contributed by atoms with Crippen molar-refractivity contribution in [1.82, 2.24) is 4.98 Å². The molecule has 1 aromatic heterocycles. The Kier molecular flexibility index (Phi) is 5.10. The number of nitrogens with zero attached hydrogens (tertiary/aromatic N) is 3. The van der Waals surface area contributed by atoms with Crippen LogP contribution < -0.4 is 4.90 Å². The van der Waals surface area contributed by atoms with Crippen molar-refractivity contribution in [3.05, 3.63) is 121 Å². The lowest BCUT2D eigenvalue weighted by molar-refractivity contribution is 1.17.